The largest absolute Gasteiger partial charge is 0.475 e. The molecule has 3 rings (SSSR count). The Bertz CT molecular complexity index is 731. The summed E-state index contributed by atoms with van der Waals surface area (Å²) in [5, 5.41) is 0. The third-order valence-corrected chi connectivity index (χ3v) is 3.16. The first kappa shape index (κ1) is 13.3. The van der Waals surface area contributed by atoms with E-state index in [4.69, 9.17) is 10.5 Å². The summed E-state index contributed by atoms with van der Waals surface area (Å²) in [6, 6.07) is 11.6. The molecule has 0 aliphatic rings. The molecule has 0 saturated heterocycles. The summed E-state index contributed by atoms with van der Waals surface area (Å²) in [4.78, 5) is 12.7. The summed E-state index contributed by atoms with van der Waals surface area (Å²) in [5.74, 6) is 0.737. The molecule has 5 heteroatoms. The van der Waals surface area contributed by atoms with Crippen LogP contribution in [0.25, 0.3) is 11.0 Å². The van der Waals surface area contributed by atoms with E-state index in [2.05, 4.69) is 15.0 Å². The van der Waals surface area contributed by atoms with E-state index in [0.29, 0.717) is 18.3 Å². The molecule has 0 aliphatic carbocycles. The zero-order chi connectivity index (χ0) is 14.5. The number of aromatic nitrogens is 3. The maximum absolute atomic E-state index is 5.87. The van der Waals surface area contributed by atoms with Gasteiger partial charge >= 0.3 is 0 Å². The van der Waals surface area contributed by atoms with Crippen LogP contribution in [0, 0.1) is 0 Å². The van der Waals surface area contributed by atoms with Crippen LogP contribution < -0.4 is 10.5 Å². The number of nitrogens with zero attached hydrogens (tertiary/aromatic N) is 3. The van der Waals surface area contributed by atoms with Gasteiger partial charge in [0.05, 0.1) is 17.6 Å². The molecule has 3 aromatic rings. The average molecular weight is 280 g/mol. The Morgan fingerprint density at radius 3 is 2.43 bits per heavy atom. The molecule has 5 nitrogen and oxygen atoms in total. The number of nitrogen functional groups attached to an aromatic ring is 1. The molecule has 0 amide bonds. The Morgan fingerprint density at radius 1 is 0.952 bits per heavy atom. The second-order valence-corrected chi connectivity index (χ2v) is 4.71. The lowest BCUT2D eigenvalue weighted by Gasteiger charge is -2.08. The average Bonchev–Trinajstić information content (AvgIpc) is 2.53. The van der Waals surface area contributed by atoms with Crippen LogP contribution in [0.4, 0.5) is 5.82 Å². The predicted molar refractivity (Wildman–Crippen MR) is 82.0 cm³/mol. The number of pyridine rings is 1. The molecule has 0 atom stereocenters. The molecule has 0 radical (unpaired) electrons. The van der Waals surface area contributed by atoms with Crippen molar-refractivity contribution in [3.63, 3.8) is 0 Å². The number of nitrogens with two attached hydrogens (primary N) is 1. The highest BCUT2D eigenvalue weighted by molar-refractivity contribution is 5.76. The van der Waals surface area contributed by atoms with E-state index < -0.39 is 0 Å². The van der Waals surface area contributed by atoms with Gasteiger partial charge in [0.15, 0.2) is 5.82 Å². The van der Waals surface area contributed by atoms with Crippen molar-refractivity contribution in [1.29, 1.82) is 0 Å². The van der Waals surface area contributed by atoms with Crippen LogP contribution in [0.1, 0.15) is 12.0 Å². The Labute approximate surface area is 122 Å². The molecule has 0 aliphatic heterocycles. The molecule has 0 saturated carbocycles. The number of anilines is 1. The first-order chi connectivity index (χ1) is 10.3. The second kappa shape index (κ2) is 6.17. The Kier molecular flexibility index (Phi) is 3.91. The van der Waals surface area contributed by atoms with Crippen molar-refractivity contribution < 1.29 is 4.74 Å². The Morgan fingerprint density at radius 2 is 1.67 bits per heavy atom. The first-order valence-corrected chi connectivity index (χ1v) is 6.87. The maximum Gasteiger partial charge on any atom is 0.257 e. The molecule has 0 unspecified atom stereocenters. The SMILES string of the molecule is Nc1nc2ccccc2nc1OCCCc1ccncc1. The number of para-hydroxylation sites is 2. The molecule has 106 valence electrons. The van der Waals surface area contributed by atoms with Gasteiger partial charge in [0.2, 0.25) is 0 Å². The van der Waals surface area contributed by atoms with Crippen LogP contribution in [0.15, 0.2) is 48.8 Å². The molecule has 1 aromatic carbocycles. The number of benzene rings is 1. The van der Waals surface area contributed by atoms with Crippen LogP contribution in [-0.2, 0) is 6.42 Å². The molecule has 2 heterocycles. The van der Waals surface area contributed by atoms with Gasteiger partial charge in [-0.1, -0.05) is 12.1 Å². The number of hydrogen-bond donors (Lipinski definition) is 1. The molecule has 2 aromatic heterocycles. The fourth-order valence-electron chi connectivity index (χ4n) is 2.10. The van der Waals surface area contributed by atoms with E-state index in [0.717, 1.165) is 23.9 Å². The lowest BCUT2D eigenvalue weighted by atomic mass is 10.1. The Balaban J connectivity index is 1.61. The Hall–Kier alpha value is -2.69. The quantitative estimate of drug-likeness (QED) is 0.727. The smallest absolute Gasteiger partial charge is 0.257 e. The molecule has 21 heavy (non-hydrogen) atoms. The van der Waals surface area contributed by atoms with Crippen LogP contribution in [-0.4, -0.2) is 21.6 Å². The van der Waals surface area contributed by atoms with Gasteiger partial charge in [-0.05, 0) is 42.7 Å². The summed E-state index contributed by atoms with van der Waals surface area (Å²) < 4.78 is 5.65. The van der Waals surface area contributed by atoms with Crippen LogP contribution in [0.3, 0.4) is 0 Å². The predicted octanol–water partition coefficient (Wildman–Crippen LogP) is 2.62. The van der Waals surface area contributed by atoms with Crippen molar-refractivity contribution in [2.75, 3.05) is 12.3 Å². The first-order valence-electron chi connectivity index (χ1n) is 6.87. The fourth-order valence-corrected chi connectivity index (χ4v) is 2.10. The van der Waals surface area contributed by atoms with Crippen LogP contribution in [0.5, 0.6) is 5.88 Å². The van der Waals surface area contributed by atoms with E-state index in [9.17, 15) is 0 Å². The standard InChI is InChI=1S/C16H16N4O/c17-15-16(20-14-6-2-1-5-13(14)19-15)21-11-3-4-12-7-9-18-10-8-12/h1-2,5-10H,3-4,11H2,(H2,17,19). The molecule has 0 spiro atoms. The third kappa shape index (κ3) is 3.25. The van der Waals surface area contributed by atoms with E-state index >= 15 is 0 Å². The highest BCUT2D eigenvalue weighted by Crippen LogP contribution is 2.20. The summed E-state index contributed by atoms with van der Waals surface area (Å²) in [6.07, 6.45) is 5.41. The summed E-state index contributed by atoms with van der Waals surface area (Å²) >= 11 is 0. The molecular weight excluding hydrogens is 264 g/mol. The minimum Gasteiger partial charge on any atom is -0.475 e. The molecule has 0 fully saturated rings. The van der Waals surface area contributed by atoms with Gasteiger partial charge in [0.25, 0.3) is 5.88 Å². The van der Waals surface area contributed by atoms with E-state index in [1.54, 1.807) is 12.4 Å². The van der Waals surface area contributed by atoms with Crippen LogP contribution >= 0.6 is 0 Å². The molecule has 2 N–H and O–H groups in total. The summed E-state index contributed by atoms with van der Waals surface area (Å²) in [6.45, 7) is 0.555. The highest BCUT2D eigenvalue weighted by atomic mass is 16.5. The minimum atomic E-state index is 0.331. The van der Waals surface area contributed by atoms with Crippen molar-refractivity contribution in [1.82, 2.24) is 15.0 Å². The fraction of sp³-hybridized carbons (Fsp3) is 0.188. The second-order valence-electron chi connectivity index (χ2n) is 4.71. The van der Waals surface area contributed by atoms with Crippen molar-refractivity contribution in [2.24, 2.45) is 0 Å². The van der Waals surface area contributed by atoms with Crippen molar-refractivity contribution >= 4 is 16.9 Å². The van der Waals surface area contributed by atoms with E-state index in [-0.39, 0.29) is 0 Å². The third-order valence-electron chi connectivity index (χ3n) is 3.16. The number of hydrogen-bond acceptors (Lipinski definition) is 5. The van der Waals surface area contributed by atoms with E-state index in [1.165, 1.54) is 5.56 Å². The van der Waals surface area contributed by atoms with Gasteiger partial charge in [-0.2, -0.15) is 0 Å². The zero-order valence-corrected chi connectivity index (χ0v) is 11.6. The van der Waals surface area contributed by atoms with Gasteiger partial charge in [-0.15, -0.1) is 0 Å². The topological polar surface area (TPSA) is 73.9 Å². The van der Waals surface area contributed by atoms with Crippen molar-refractivity contribution in [3.8, 4) is 5.88 Å². The summed E-state index contributed by atoms with van der Waals surface area (Å²) in [5.41, 5.74) is 8.68. The zero-order valence-electron chi connectivity index (χ0n) is 11.6. The van der Waals surface area contributed by atoms with Gasteiger partial charge in [0, 0.05) is 12.4 Å². The van der Waals surface area contributed by atoms with Gasteiger partial charge < -0.3 is 10.5 Å². The van der Waals surface area contributed by atoms with Gasteiger partial charge in [-0.3, -0.25) is 4.98 Å². The number of ether oxygens (including phenoxy) is 1. The monoisotopic (exact) mass is 280 g/mol. The van der Waals surface area contributed by atoms with Crippen LogP contribution in [0.2, 0.25) is 0 Å². The lowest BCUT2D eigenvalue weighted by Crippen LogP contribution is -2.05. The van der Waals surface area contributed by atoms with Crippen molar-refractivity contribution in [2.45, 2.75) is 12.8 Å². The van der Waals surface area contributed by atoms with Crippen molar-refractivity contribution in [3.05, 3.63) is 54.4 Å². The van der Waals surface area contributed by atoms with Gasteiger partial charge in [-0.25, -0.2) is 9.97 Å². The minimum absolute atomic E-state index is 0.331. The number of fused-ring (bicyclic) bond motifs is 1. The molecular formula is C16H16N4O. The molecule has 0 bridgehead atoms. The maximum atomic E-state index is 5.87. The number of aryl methyl sites for hydroxylation is 1. The van der Waals surface area contributed by atoms with Gasteiger partial charge in [0.1, 0.15) is 0 Å². The highest BCUT2D eigenvalue weighted by Gasteiger charge is 2.06. The normalized spacial score (nSPS) is 10.7. The number of rotatable bonds is 5. The lowest BCUT2D eigenvalue weighted by molar-refractivity contribution is 0.301. The van der Waals surface area contributed by atoms with E-state index in [1.807, 2.05) is 36.4 Å². The summed E-state index contributed by atoms with van der Waals surface area (Å²) in [7, 11) is 0.